The van der Waals surface area contributed by atoms with E-state index >= 15 is 0 Å². The van der Waals surface area contributed by atoms with Crippen LogP contribution in [0.3, 0.4) is 0 Å². The fourth-order valence-corrected chi connectivity index (χ4v) is 3.81. The van der Waals surface area contributed by atoms with E-state index < -0.39 is 27.7 Å². The number of nitrogens with one attached hydrogen (secondary N) is 1. The SMILES string of the molecule is COc1cccc(C(NS(=O)(=O)c2ccc(F)c(F)c2)c2nccn2C)c1. The number of imidazole rings is 1. The van der Waals surface area contributed by atoms with Crippen molar-refractivity contribution in [1.29, 1.82) is 0 Å². The Morgan fingerprint density at radius 2 is 1.93 bits per heavy atom. The molecule has 1 aromatic heterocycles. The number of sulfonamides is 1. The second-order valence-corrected chi connectivity index (χ2v) is 7.52. The molecule has 0 aliphatic heterocycles. The molecule has 1 unspecified atom stereocenters. The Bertz CT molecular complexity index is 1070. The molecule has 0 radical (unpaired) electrons. The number of hydrogen-bond donors (Lipinski definition) is 1. The first-order valence-corrected chi connectivity index (χ1v) is 9.38. The van der Waals surface area contributed by atoms with Crippen molar-refractivity contribution in [3.63, 3.8) is 0 Å². The van der Waals surface area contributed by atoms with Gasteiger partial charge in [-0.1, -0.05) is 12.1 Å². The molecule has 0 saturated carbocycles. The first-order chi connectivity index (χ1) is 12.8. The molecule has 3 aromatic rings. The van der Waals surface area contributed by atoms with E-state index in [4.69, 9.17) is 4.74 Å². The molecule has 6 nitrogen and oxygen atoms in total. The molecule has 142 valence electrons. The smallest absolute Gasteiger partial charge is 0.241 e. The highest BCUT2D eigenvalue weighted by molar-refractivity contribution is 7.89. The molecule has 0 saturated heterocycles. The Labute approximate surface area is 155 Å². The largest absolute Gasteiger partial charge is 0.497 e. The van der Waals surface area contributed by atoms with E-state index in [0.717, 1.165) is 12.1 Å². The van der Waals surface area contributed by atoms with E-state index in [1.54, 1.807) is 42.1 Å². The molecule has 0 aliphatic rings. The van der Waals surface area contributed by atoms with Crippen LogP contribution < -0.4 is 9.46 Å². The molecule has 0 bridgehead atoms. The van der Waals surface area contributed by atoms with Gasteiger partial charge in [0.05, 0.1) is 12.0 Å². The highest BCUT2D eigenvalue weighted by atomic mass is 32.2. The molecule has 0 aliphatic carbocycles. The van der Waals surface area contributed by atoms with E-state index in [0.29, 0.717) is 23.2 Å². The van der Waals surface area contributed by atoms with Gasteiger partial charge in [-0.2, -0.15) is 4.72 Å². The number of halogens is 2. The van der Waals surface area contributed by atoms with Gasteiger partial charge in [-0.3, -0.25) is 0 Å². The Kier molecular flexibility index (Phi) is 5.24. The summed E-state index contributed by atoms with van der Waals surface area (Å²) in [6, 6.07) is 8.38. The van der Waals surface area contributed by atoms with Gasteiger partial charge in [0.25, 0.3) is 0 Å². The molecule has 0 amide bonds. The van der Waals surface area contributed by atoms with Gasteiger partial charge in [0.1, 0.15) is 17.6 Å². The molecule has 1 atom stereocenters. The predicted octanol–water partition coefficient (Wildman–Crippen LogP) is 2.77. The van der Waals surface area contributed by atoms with Gasteiger partial charge >= 0.3 is 0 Å². The average molecular weight is 393 g/mol. The van der Waals surface area contributed by atoms with Crippen LogP contribution in [0, 0.1) is 11.6 Å². The summed E-state index contributed by atoms with van der Waals surface area (Å²) in [6.45, 7) is 0. The molecule has 0 fully saturated rings. The summed E-state index contributed by atoms with van der Waals surface area (Å²) in [5, 5.41) is 0. The fraction of sp³-hybridized carbons (Fsp3) is 0.167. The van der Waals surface area contributed by atoms with Crippen LogP contribution in [0.1, 0.15) is 17.4 Å². The van der Waals surface area contributed by atoms with Crippen LogP contribution in [-0.4, -0.2) is 25.1 Å². The van der Waals surface area contributed by atoms with Crippen molar-refractivity contribution in [1.82, 2.24) is 14.3 Å². The summed E-state index contributed by atoms with van der Waals surface area (Å²) in [5.74, 6) is -1.40. The number of rotatable bonds is 6. The predicted molar refractivity (Wildman–Crippen MR) is 94.7 cm³/mol. The van der Waals surface area contributed by atoms with E-state index in [-0.39, 0.29) is 4.90 Å². The molecule has 9 heteroatoms. The third-order valence-corrected chi connectivity index (χ3v) is 5.44. The van der Waals surface area contributed by atoms with Gasteiger partial charge in [0.2, 0.25) is 10.0 Å². The Morgan fingerprint density at radius 1 is 1.15 bits per heavy atom. The number of aryl methyl sites for hydroxylation is 1. The minimum atomic E-state index is -4.16. The zero-order valence-corrected chi connectivity index (χ0v) is 15.4. The Balaban J connectivity index is 2.05. The lowest BCUT2D eigenvalue weighted by Gasteiger charge is -2.20. The van der Waals surface area contributed by atoms with Gasteiger partial charge in [-0.15, -0.1) is 0 Å². The number of methoxy groups -OCH3 is 1. The lowest BCUT2D eigenvalue weighted by Crippen LogP contribution is -2.31. The van der Waals surface area contributed by atoms with Crippen molar-refractivity contribution in [2.75, 3.05) is 7.11 Å². The van der Waals surface area contributed by atoms with E-state index in [1.165, 1.54) is 13.3 Å². The quantitative estimate of drug-likeness (QED) is 0.699. The first kappa shape index (κ1) is 19.0. The van der Waals surface area contributed by atoms with Gasteiger partial charge in [-0.05, 0) is 35.9 Å². The highest BCUT2D eigenvalue weighted by Crippen LogP contribution is 2.26. The molecule has 2 aromatic carbocycles. The topological polar surface area (TPSA) is 73.2 Å². The standard InChI is InChI=1S/C18H17F2N3O3S/c1-23-9-8-21-18(23)17(12-4-3-5-13(10-12)26-2)22-27(24,25)14-6-7-15(19)16(20)11-14/h3-11,17,22H,1-2H3. The van der Waals surface area contributed by atoms with Crippen LogP contribution in [0.4, 0.5) is 8.78 Å². The minimum Gasteiger partial charge on any atom is -0.497 e. The van der Waals surface area contributed by atoms with E-state index in [1.807, 2.05) is 0 Å². The van der Waals surface area contributed by atoms with Crippen LogP contribution in [0.5, 0.6) is 5.75 Å². The number of hydrogen-bond acceptors (Lipinski definition) is 4. The second-order valence-electron chi connectivity index (χ2n) is 5.80. The Hall–Kier alpha value is -2.78. The molecule has 1 heterocycles. The number of benzene rings is 2. The normalized spacial score (nSPS) is 12.7. The van der Waals surface area contributed by atoms with Crippen LogP contribution >= 0.6 is 0 Å². The summed E-state index contributed by atoms with van der Waals surface area (Å²) in [4.78, 5) is 3.83. The zero-order chi connectivity index (χ0) is 19.6. The molecule has 1 N–H and O–H groups in total. The van der Waals surface area contributed by atoms with Crippen molar-refractivity contribution in [2.45, 2.75) is 10.9 Å². The minimum absolute atomic E-state index is 0.386. The molecule has 3 rings (SSSR count). The van der Waals surface area contributed by atoms with Crippen LogP contribution in [0.15, 0.2) is 59.8 Å². The molecule has 0 spiro atoms. The van der Waals surface area contributed by atoms with Crippen molar-refractivity contribution in [3.8, 4) is 5.75 Å². The third-order valence-electron chi connectivity index (χ3n) is 4.02. The highest BCUT2D eigenvalue weighted by Gasteiger charge is 2.26. The van der Waals surface area contributed by atoms with Gasteiger partial charge in [-0.25, -0.2) is 22.2 Å². The fourth-order valence-electron chi connectivity index (χ4n) is 2.61. The maximum absolute atomic E-state index is 13.5. The van der Waals surface area contributed by atoms with Crippen molar-refractivity contribution in [3.05, 3.63) is 77.9 Å². The van der Waals surface area contributed by atoms with E-state index in [9.17, 15) is 17.2 Å². The number of ether oxygens (including phenoxy) is 1. The third kappa shape index (κ3) is 3.99. The molecular formula is C18H17F2N3O3S. The lowest BCUT2D eigenvalue weighted by atomic mass is 10.1. The molecular weight excluding hydrogens is 376 g/mol. The first-order valence-electron chi connectivity index (χ1n) is 7.90. The van der Waals surface area contributed by atoms with Crippen molar-refractivity contribution >= 4 is 10.0 Å². The maximum atomic E-state index is 13.5. The maximum Gasteiger partial charge on any atom is 0.241 e. The molecule has 27 heavy (non-hydrogen) atoms. The average Bonchev–Trinajstić information content (AvgIpc) is 3.07. The second kappa shape index (κ2) is 7.45. The summed E-state index contributed by atoms with van der Waals surface area (Å²) < 4.78 is 61.6. The summed E-state index contributed by atoms with van der Waals surface area (Å²) >= 11 is 0. The monoisotopic (exact) mass is 393 g/mol. The van der Waals surface area contributed by atoms with Gasteiger partial charge in [0.15, 0.2) is 11.6 Å². The Morgan fingerprint density at radius 3 is 2.56 bits per heavy atom. The number of nitrogens with zero attached hydrogens (tertiary/aromatic N) is 2. The van der Waals surface area contributed by atoms with Crippen molar-refractivity contribution in [2.24, 2.45) is 7.05 Å². The van der Waals surface area contributed by atoms with Crippen molar-refractivity contribution < 1.29 is 21.9 Å². The lowest BCUT2D eigenvalue weighted by molar-refractivity contribution is 0.413. The summed E-state index contributed by atoms with van der Waals surface area (Å²) in [7, 11) is -0.936. The van der Waals surface area contributed by atoms with Crippen LogP contribution in [0.25, 0.3) is 0 Å². The summed E-state index contributed by atoms with van der Waals surface area (Å²) in [6.07, 6.45) is 3.21. The number of aromatic nitrogens is 2. The summed E-state index contributed by atoms with van der Waals surface area (Å²) in [5.41, 5.74) is 0.579. The van der Waals surface area contributed by atoms with Gasteiger partial charge in [0, 0.05) is 19.4 Å². The van der Waals surface area contributed by atoms with Gasteiger partial charge < -0.3 is 9.30 Å². The van der Waals surface area contributed by atoms with Crippen LogP contribution in [0.2, 0.25) is 0 Å². The van der Waals surface area contributed by atoms with Crippen LogP contribution in [-0.2, 0) is 17.1 Å². The van der Waals surface area contributed by atoms with E-state index in [2.05, 4.69) is 9.71 Å². The zero-order valence-electron chi connectivity index (χ0n) is 14.6.